The number of carboxylic acid groups (broad SMARTS) is 1. The lowest BCUT2D eigenvalue weighted by Crippen LogP contribution is -2.52. The first-order chi connectivity index (χ1) is 23.1. The lowest BCUT2D eigenvalue weighted by molar-refractivity contribution is -0.246. The molecule has 2 fully saturated rings. The Balaban J connectivity index is 1.36. The Morgan fingerprint density at radius 3 is 2.50 bits per heavy atom. The molecule has 5 aromatic rings. The third kappa shape index (κ3) is 6.16. The summed E-state index contributed by atoms with van der Waals surface area (Å²) >= 11 is 18.6. The van der Waals surface area contributed by atoms with Gasteiger partial charge in [0.2, 0.25) is 0 Å². The quantitative estimate of drug-likeness (QED) is 0.182. The highest BCUT2D eigenvalue weighted by Gasteiger charge is 2.56. The number of hydrogen-bond donors (Lipinski definition) is 1. The number of hydrogen-bond acceptors (Lipinski definition) is 9. The first kappa shape index (κ1) is 32.5. The van der Waals surface area contributed by atoms with Crippen molar-refractivity contribution < 1.29 is 37.6 Å². The van der Waals surface area contributed by atoms with Crippen LogP contribution in [0.1, 0.15) is 35.6 Å². The highest BCUT2D eigenvalue weighted by Crippen LogP contribution is 2.48. The number of aliphatic carboxylic acids is 1. The van der Waals surface area contributed by atoms with Gasteiger partial charge in [0.05, 0.1) is 16.9 Å². The van der Waals surface area contributed by atoms with Crippen molar-refractivity contribution in [1.82, 2.24) is 29.8 Å². The van der Waals surface area contributed by atoms with E-state index in [1.54, 1.807) is 25.1 Å². The van der Waals surface area contributed by atoms with Crippen molar-refractivity contribution >= 4 is 40.8 Å². The van der Waals surface area contributed by atoms with E-state index in [9.17, 15) is 18.7 Å². The van der Waals surface area contributed by atoms with E-state index in [1.807, 2.05) is 30.3 Å². The van der Waals surface area contributed by atoms with Gasteiger partial charge in [-0.3, -0.25) is 0 Å². The van der Waals surface area contributed by atoms with Crippen molar-refractivity contribution in [3.05, 3.63) is 111 Å². The molecular formula is C31H23Cl3F2N6O6. The van der Waals surface area contributed by atoms with Crippen LogP contribution in [0.2, 0.25) is 15.1 Å². The van der Waals surface area contributed by atoms with Gasteiger partial charge in [0, 0.05) is 16.1 Å². The number of aromatic nitrogens is 6. The summed E-state index contributed by atoms with van der Waals surface area (Å²) in [6, 6.07) is 14.9. The standard InChI is InChI=1S/C31H23Cl3F2N6O6/c1-14-37-29(42(39-14)22-11-17(32)7-8-18(22)33)28-26(45-13-23(43)44)25(27-31(47-28)48-30(46-27)15-5-3-2-4-6-15)41-12-21(38-40-41)16-9-19(35)24(34)20(36)10-16/h2-12,25-28,30-31H,13H2,1H3,(H,43,44). The summed E-state index contributed by atoms with van der Waals surface area (Å²) in [6.45, 7) is 0.908. The molecule has 0 amide bonds. The maximum atomic E-state index is 14.4. The zero-order valence-corrected chi connectivity index (χ0v) is 26.9. The van der Waals surface area contributed by atoms with E-state index in [1.165, 1.54) is 15.6 Å². The van der Waals surface area contributed by atoms with E-state index in [0.29, 0.717) is 27.1 Å². The number of carbonyl (C=O) groups is 1. The van der Waals surface area contributed by atoms with E-state index in [0.717, 1.165) is 12.1 Å². The van der Waals surface area contributed by atoms with Crippen molar-refractivity contribution in [2.24, 2.45) is 0 Å². The van der Waals surface area contributed by atoms with Crippen molar-refractivity contribution in [2.45, 2.75) is 43.9 Å². The monoisotopic (exact) mass is 718 g/mol. The molecule has 2 aliphatic heterocycles. The largest absolute Gasteiger partial charge is 0.480 e. The molecule has 248 valence electrons. The van der Waals surface area contributed by atoms with E-state index in [-0.39, 0.29) is 17.1 Å². The summed E-state index contributed by atoms with van der Waals surface area (Å²) in [5, 5.41) is 22.6. The maximum absolute atomic E-state index is 14.4. The van der Waals surface area contributed by atoms with Crippen molar-refractivity contribution in [3.8, 4) is 16.9 Å². The lowest BCUT2D eigenvalue weighted by atomic mass is 9.95. The molecule has 6 unspecified atom stereocenters. The molecule has 2 aliphatic rings. The predicted octanol–water partition coefficient (Wildman–Crippen LogP) is 6.30. The predicted molar refractivity (Wildman–Crippen MR) is 166 cm³/mol. The van der Waals surface area contributed by atoms with Crippen LogP contribution in [0, 0.1) is 18.6 Å². The third-order valence-electron chi connectivity index (χ3n) is 7.75. The minimum atomic E-state index is -1.26. The molecule has 0 aliphatic carbocycles. The zero-order chi connectivity index (χ0) is 33.7. The van der Waals surface area contributed by atoms with Gasteiger partial charge in [0.15, 0.2) is 18.4 Å². The summed E-state index contributed by atoms with van der Waals surface area (Å²) in [5.41, 5.74) is 1.20. The second-order valence-corrected chi connectivity index (χ2v) is 12.1. The van der Waals surface area contributed by atoms with Gasteiger partial charge in [0.1, 0.15) is 59.1 Å². The Labute approximate surface area is 285 Å². The van der Waals surface area contributed by atoms with Crippen LogP contribution in [-0.4, -0.2) is 65.9 Å². The Kier molecular flexibility index (Phi) is 8.89. The molecule has 0 spiro atoms. The molecule has 7 rings (SSSR count). The van der Waals surface area contributed by atoms with E-state index in [4.69, 9.17) is 53.8 Å². The average Bonchev–Trinajstić information content (AvgIpc) is 3.82. The number of carboxylic acids is 1. The Morgan fingerprint density at radius 2 is 1.77 bits per heavy atom. The molecule has 3 aromatic carbocycles. The molecule has 0 radical (unpaired) electrons. The molecule has 4 heterocycles. The molecule has 6 atom stereocenters. The maximum Gasteiger partial charge on any atom is 0.329 e. The minimum absolute atomic E-state index is 0.0560. The first-order valence-corrected chi connectivity index (χ1v) is 15.5. The SMILES string of the molecule is Cc1nc(C2OC3OC(c4ccccc4)OC3C(n3cc(-c4cc(F)c(Cl)c(F)c4)nn3)C2OCC(=O)O)n(-c2cc(Cl)ccc2Cl)n1. The van der Waals surface area contributed by atoms with Gasteiger partial charge < -0.3 is 24.1 Å². The van der Waals surface area contributed by atoms with Crippen molar-refractivity contribution in [2.75, 3.05) is 6.61 Å². The van der Waals surface area contributed by atoms with Gasteiger partial charge >= 0.3 is 5.97 Å². The fraction of sp³-hybridized carbons (Fsp3) is 0.258. The van der Waals surface area contributed by atoms with E-state index < -0.39 is 66.2 Å². The second kappa shape index (κ2) is 13.1. The van der Waals surface area contributed by atoms with Gasteiger partial charge in [-0.05, 0) is 37.3 Å². The third-order valence-corrected chi connectivity index (χ3v) is 8.67. The van der Waals surface area contributed by atoms with Gasteiger partial charge in [-0.2, -0.15) is 5.10 Å². The summed E-state index contributed by atoms with van der Waals surface area (Å²) < 4.78 is 56.7. The lowest BCUT2D eigenvalue weighted by Gasteiger charge is -2.41. The van der Waals surface area contributed by atoms with Crippen LogP contribution < -0.4 is 0 Å². The summed E-state index contributed by atoms with van der Waals surface area (Å²) in [4.78, 5) is 16.5. The molecule has 0 saturated carbocycles. The molecule has 12 nitrogen and oxygen atoms in total. The Hall–Kier alpha value is -4.02. The normalized spacial score (nSPS) is 23.7. The highest BCUT2D eigenvalue weighted by molar-refractivity contribution is 6.34. The van der Waals surface area contributed by atoms with Crippen LogP contribution in [0.25, 0.3) is 16.9 Å². The van der Waals surface area contributed by atoms with E-state index >= 15 is 0 Å². The molecule has 0 bridgehead atoms. The zero-order valence-electron chi connectivity index (χ0n) is 24.6. The number of nitrogens with zero attached hydrogens (tertiary/aromatic N) is 6. The van der Waals surface area contributed by atoms with Crippen LogP contribution in [0.3, 0.4) is 0 Å². The first-order valence-electron chi connectivity index (χ1n) is 14.4. The van der Waals surface area contributed by atoms with Crippen molar-refractivity contribution in [1.29, 1.82) is 0 Å². The molecular weight excluding hydrogens is 697 g/mol. The number of rotatable bonds is 8. The number of aryl methyl sites for hydroxylation is 1. The number of halogens is 5. The smallest absolute Gasteiger partial charge is 0.329 e. The van der Waals surface area contributed by atoms with Crippen LogP contribution in [0.15, 0.2) is 66.9 Å². The minimum Gasteiger partial charge on any atom is -0.480 e. The molecule has 48 heavy (non-hydrogen) atoms. The van der Waals surface area contributed by atoms with Gasteiger partial charge in [-0.25, -0.2) is 27.9 Å². The number of fused-ring (bicyclic) bond motifs is 1. The van der Waals surface area contributed by atoms with Crippen LogP contribution in [0.5, 0.6) is 0 Å². The topological polar surface area (TPSA) is 136 Å². The highest BCUT2D eigenvalue weighted by atomic mass is 35.5. The summed E-state index contributed by atoms with van der Waals surface area (Å²) in [5.74, 6) is -2.71. The molecule has 2 saturated heterocycles. The van der Waals surface area contributed by atoms with Gasteiger partial charge in [-0.15, -0.1) is 5.10 Å². The van der Waals surface area contributed by atoms with Crippen LogP contribution >= 0.6 is 34.8 Å². The fourth-order valence-corrected chi connectivity index (χ4v) is 6.18. The fourth-order valence-electron chi connectivity index (χ4n) is 5.71. The Bertz CT molecular complexity index is 1980. The summed E-state index contributed by atoms with van der Waals surface area (Å²) in [6.07, 6.45) is -3.85. The molecule has 1 N–H and O–H groups in total. The number of ether oxygens (including phenoxy) is 4. The molecule has 17 heteroatoms. The second-order valence-electron chi connectivity index (χ2n) is 10.9. The average molecular weight is 720 g/mol. The summed E-state index contributed by atoms with van der Waals surface area (Å²) in [7, 11) is 0. The van der Waals surface area contributed by atoms with Gasteiger partial charge in [-0.1, -0.05) is 70.3 Å². The van der Waals surface area contributed by atoms with Crippen LogP contribution in [0.4, 0.5) is 8.78 Å². The van der Waals surface area contributed by atoms with Crippen molar-refractivity contribution in [3.63, 3.8) is 0 Å². The van der Waals surface area contributed by atoms with Gasteiger partial charge in [0.25, 0.3) is 0 Å². The molecule has 2 aromatic heterocycles. The van der Waals surface area contributed by atoms with E-state index in [2.05, 4.69) is 20.4 Å². The number of benzene rings is 3. The van der Waals surface area contributed by atoms with Crippen LogP contribution in [-0.2, 0) is 23.7 Å². The Morgan fingerprint density at radius 1 is 1.02 bits per heavy atom.